The van der Waals surface area contributed by atoms with Crippen molar-refractivity contribution >= 4 is 61.2 Å². The summed E-state index contributed by atoms with van der Waals surface area (Å²) in [6, 6.07) is 3.80. The minimum atomic E-state index is -3.69. The lowest BCUT2D eigenvalue weighted by Gasteiger charge is -2.37. The van der Waals surface area contributed by atoms with Crippen molar-refractivity contribution in [1.82, 2.24) is 35.1 Å². The Hall–Kier alpha value is -5.27. The molecule has 6 atom stereocenters. The van der Waals surface area contributed by atoms with Crippen LogP contribution in [0.4, 0.5) is 9.93 Å². The summed E-state index contributed by atoms with van der Waals surface area (Å²) >= 11 is 1.44. The van der Waals surface area contributed by atoms with Crippen molar-refractivity contribution in [3.05, 3.63) is 55.0 Å². The van der Waals surface area contributed by atoms with Gasteiger partial charge in [-0.2, -0.15) is 0 Å². The molecule has 4 amide bonds. The maximum absolute atomic E-state index is 15.2. The zero-order chi connectivity index (χ0) is 47.4. The fourth-order valence-electron chi connectivity index (χ4n) is 8.66. The Morgan fingerprint density at radius 2 is 1.80 bits per heavy atom. The first kappa shape index (κ1) is 49.2. The second kappa shape index (κ2) is 20.1. The second-order valence-corrected chi connectivity index (χ2v) is 21.8. The highest BCUT2D eigenvalue weighted by atomic mass is 32.2. The smallest absolute Gasteiger partial charge is 0.330 e. The molecule has 3 aliphatic rings. The van der Waals surface area contributed by atoms with E-state index in [-0.39, 0.29) is 43.6 Å². The monoisotopic (exact) mass is 936 g/mol. The van der Waals surface area contributed by atoms with Crippen molar-refractivity contribution in [1.29, 1.82) is 0 Å². The Kier molecular flexibility index (Phi) is 15.2. The first-order valence-corrected chi connectivity index (χ1v) is 24.7. The third kappa shape index (κ3) is 11.4. The number of pyridine rings is 1. The van der Waals surface area contributed by atoms with E-state index in [0.29, 0.717) is 46.6 Å². The minimum Gasteiger partial charge on any atom is -0.497 e. The number of amides is 4. The molecule has 19 heteroatoms. The standard InChI is InChI=1S/C46H64N8O9S2/c1-10-19-65(60,61)53(8)25-38(45(5,6)7)50-43(59)51-39(28-15-13-12-14-16-28)41(56)54-24-31(21-36(54)40(55)52-46(42(57)58)23-29(46)11-2)63-37-22-34(35-26-64-44(49-35)47-27(3)4)48-33-20-30(62-9)17-18-32(33)37/h10-11,17-18,20,22,26-29,31,36,38-39H,1-2,12-16,19,21,23-25H2,3-9H3,(H,47,49)(H,52,55)(H,57,58)(H2,50,51,59)/t29?,31-,36+,38-,39+,46-/m1/s1. The van der Waals surface area contributed by atoms with Gasteiger partial charge >= 0.3 is 12.0 Å². The summed E-state index contributed by atoms with van der Waals surface area (Å²) in [6.07, 6.45) is 6.17. The number of carbonyl (C=O) groups is 4. The second-order valence-electron chi connectivity index (χ2n) is 18.8. The van der Waals surface area contributed by atoms with E-state index < -0.39 is 74.9 Å². The molecule has 0 spiro atoms. The first-order valence-electron chi connectivity index (χ1n) is 22.2. The van der Waals surface area contributed by atoms with Crippen LogP contribution in [0.3, 0.4) is 0 Å². The number of methoxy groups -OCH3 is 1. The van der Waals surface area contributed by atoms with Gasteiger partial charge in [-0.05, 0) is 56.6 Å². The summed E-state index contributed by atoms with van der Waals surface area (Å²) in [7, 11) is -0.676. The minimum absolute atomic E-state index is 0.0156. The lowest BCUT2D eigenvalue weighted by Crippen LogP contribution is -2.61. The third-order valence-corrected chi connectivity index (χ3v) is 15.1. The molecule has 3 heterocycles. The molecule has 3 fully saturated rings. The molecule has 6 rings (SSSR count). The highest BCUT2D eigenvalue weighted by Crippen LogP contribution is 2.45. The number of urea groups is 1. The van der Waals surface area contributed by atoms with Crippen LogP contribution in [0, 0.1) is 17.3 Å². The van der Waals surface area contributed by atoms with Crippen molar-refractivity contribution in [2.45, 2.75) is 115 Å². The first-order chi connectivity index (χ1) is 30.7. The van der Waals surface area contributed by atoms with E-state index in [0.717, 1.165) is 24.4 Å². The number of ether oxygens (including phenoxy) is 2. The van der Waals surface area contributed by atoms with Gasteiger partial charge in [0.2, 0.25) is 21.8 Å². The topological polar surface area (TPSA) is 221 Å². The number of thiazole rings is 1. The number of hydrogen-bond donors (Lipinski definition) is 5. The highest BCUT2D eigenvalue weighted by Gasteiger charge is 2.61. The van der Waals surface area contributed by atoms with Crippen LogP contribution in [0.5, 0.6) is 11.5 Å². The fraction of sp³-hybridized carbons (Fsp3) is 0.565. The lowest BCUT2D eigenvalue weighted by atomic mass is 9.83. The predicted molar refractivity (Wildman–Crippen MR) is 251 cm³/mol. The molecular weight excluding hydrogens is 873 g/mol. The van der Waals surface area contributed by atoms with E-state index in [4.69, 9.17) is 19.4 Å². The number of aromatic nitrogens is 2. The molecule has 0 radical (unpaired) electrons. The number of fused-ring (bicyclic) bond motifs is 1. The van der Waals surface area contributed by atoms with Crippen LogP contribution in [0.15, 0.2) is 55.0 Å². The van der Waals surface area contributed by atoms with Gasteiger partial charge in [0, 0.05) is 60.9 Å². The van der Waals surface area contributed by atoms with Gasteiger partial charge in [0.15, 0.2) is 5.13 Å². The molecule has 5 N–H and O–H groups in total. The highest BCUT2D eigenvalue weighted by molar-refractivity contribution is 7.89. The van der Waals surface area contributed by atoms with Gasteiger partial charge in [-0.1, -0.05) is 52.2 Å². The third-order valence-electron chi connectivity index (χ3n) is 12.6. The van der Waals surface area contributed by atoms with E-state index >= 15 is 4.79 Å². The summed E-state index contributed by atoms with van der Waals surface area (Å²) in [5.41, 5.74) is -0.433. The quantitative estimate of drug-likeness (QED) is 0.0902. The Morgan fingerprint density at radius 3 is 2.42 bits per heavy atom. The van der Waals surface area contributed by atoms with Gasteiger partial charge in [-0.15, -0.1) is 24.5 Å². The molecule has 1 unspecified atom stereocenters. The number of benzene rings is 1. The normalized spacial score (nSPS) is 22.2. The number of sulfonamides is 1. The van der Waals surface area contributed by atoms with Crippen molar-refractivity contribution in [2.24, 2.45) is 17.3 Å². The van der Waals surface area contributed by atoms with E-state index in [9.17, 15) is 27.9 Å². The van der Waals surface area contributed by atoms with Gasteiger partial charge < -0.3 is 40.7 Å². The summed E-state index contributed by atoms with van der Waals surface area (Å²) in [5, 5.41) is 25.5. The van der Waals surface area contributed by atoms with Crippen LogP contribution in [0.1, 0.15) is 79.6 Å². The number of rotatable bonds is 19. The maximum atomic E-state index is 15.2. The molecule has 3 aromatic rings. The molecule has 1 aliphatic heterocycles. The van der Waals surface area contributed by atoms with Gasteiger partial charge in [0.05, 0.1) is 30.6 Å². The number of nitrogens with one attached hydrogen (secondary N) is 4. The van der Waals surface area contributed by atoms with Gasteiger partial charge in [-0.3, -0.25) is 9.59 Å². The van der Waals surface area contributed by atoms with Crippen LogP contribution < -0.4 is 30.7 Å². The summed E-state index contributed by atoms with van der Waals surface area (Å²) in [6.45, 7) is 16.9. The number of likely N-dealkylation sites (N-methyl/N-ethyl adjacent to an activating group) is 1. The summed E-state index contributed by atoms with van der Waals surface area (Å²) in [4.78, 5) is 67.3. The van der Waals surface area contributed by atoms with E-state index in [1.165, 1.54) is 39.7 Å². The maximum Gasteiger partial charge on any atom is 0.330 e. The number of anilines is 1. The fourth-order valence-corrected chi connectivity index (χ4v) is 10.4. The predicted octanol–water partition coefficient (Wildman–Crippen LogP) is 5.79. The van der Waals surface area contributed by atoms with Crippen LogP contribution >= 0.6 is 11.3 Å². The van der Waals surface area contributed by atoms with Gasteiger partial charge in [0.25, 0.3) is 0 Å². The van der Waals surface area contributed by atoms with E-state index in [1.54, 1.807) is 25.3 Å². The Labute approximate surface area is 385 Å². The average Bonchev–Trinajstić information content (AvgIpc) is 3.52. The largest absolute Gasteiger partial charge is 0.497 e. The van der Waals surface area contributed by atoms with Crippen molar-refractivity contribution in [3.63, 3.8) is 0 Å². The molecule has 65 heavy (non-hydrogen) atoms. The van der Waals surface area contributed by atoms with Gasteiger partial charge in [-0.25, -0.2) is 32.3 Å². The van der Waals surface area contributed by atoms with Crippen LogP contribution in [-0.2, 0) is 24.4 Å². The van der Waals surface area contributed by atoms with Crippen LogP contribution in [0.2, 0.25) is 0 Å². The molecule has 2 aromatic heterocycles. The number of carboxylic acids is 1. The molecule has 2 aliphatic carbocycles. The lowest BCUT2D eigenvalue weighted by molar-refractivity contribution is -0.146. The molecular formula is C46H64N8O9S2. The number of carbonyl (C=O) groups excluding carboxylic acids is 3. The Bertz CT molecular complexity index is 2380. The Morgan fingerprint density at radius 1 is 1.08 bits per heavy atom. The number of nitrogens with zero attached hydrogens (tertiary/aromatic N) is 4. The summed E-state index contributed by atoms with van der Waals surface area (Å²) in [5.74, 6) is -2.38. The van der Waals surface area contributed by atoms with Crippen molar-refractivity contribution < 1.29 is 42.2 Å². The molecule has 0 bridgehead atoms. The van der Waals surface area contributed by atoms with Gasteiger partial charge in [0.1, 0.15) is 40.9 Å². The molecule has 2 saturated carbocycles. The van der Waals surface area contributed by atoms with Crippen LogP contribution in [0.25, 0.3) is 22.3 Å². The molecule has 1 aromatic carbocycles. The Balaban J connectivity index is 1.33. The van der Waals surface area contributed by atoms with Crippen LogP contribution in [-0.4, -0.2) is 125 Å². The average molecular weight is 937 g/mol. The number of likely N-dealkylation sites (tertiary alicyclic amines) is 1. The zero-order valence-corrected chi connectivity index (χ0v) is 40.0. The van der Waals surface area contributed by atoms with Crippen molar-refractivity contribution in [2.75, 3.05) is 38.3 Å². The van der Waals surface area contributed by atoms with E-state index in [2.05, 4.69) is 34.4 Å². The number of hydrogen-bond acceptors (Lipinski definition) is 12. The number of aliphatic carboxylic acids is 1. The molecule has 1 saturated heterocycles. The summed E-state index contributed by atoms with van der Waals surface area (Å²) < 4.78 is 39.2. The molecule has 17 nitrogen and oxygen atoms in total. The van der Waals surface area contributed by atoms with Crippen molar-refractivity contribution in [3.8, 4) is 22.9 Å². The number of carboxylic acid groups (broad SMARTS) is 1. The zero-order valence-electron chi connectivity index (χ0n) is 38.4. The molecule has 354 valence electrons. The van der Waals surface area contributed by atoms with E-state index in [1.807, 2.05) is 46.1 Å². The SMILES string of the molecule is C=CCS(=O)(=O)N(C)C[C@@H](NC(=O)N[C@H](C(=O)N1C[C@H](Oc2cc(-c3csc(NC(C)C)n3)nc3cc(OC)ccc23)C[C@H]1C(=O)N[C@]1(C(=O)O)CC1C=C)C1CCCCC1)C(C)(C)C.